The molecule has 3 heteroatoms. The highest BCUT2D eigenvalue weighted by Gasteiger charge is 2.28. The first kappa shape index (κ1) is 11.1. The molecule has 0 bridgehead atoms. The smallest absolute Gasteiger partial charge is 0.0274 e. The molecule has 84 valence electrons. The summed E-state index contributed by atoms with van der Waals surface area (Å²) in [5, 5.41) is 0. The van der Waals surface area contributed by atoms with Crippen LogP contribution in [0.3, 0.4) is 0 Å². The lowest BCUT2D eigenvalue weighted by molar-refractivity contribution is 0.269. The predicted octanol–water partition coefficient (Wildman–Crippen LogP) is 2.50. The van der Waals surface area contributed by atoms with Crippen molar-refractivity contribution in [2.24, 2.45) is 5.73 Å². The maximum Gasteiger partial charge on any atom is 0.0274 e. The standard InChI is InChI=1S/C12H20N2S/c1-3-14(11-4-5-11)8-10-6-12(7-13)15-9(10)2/h6,11H,3-5,7-8,13H2,1-2H3. The third-order valence-electron chi connectivity index (χ3n) is 3.12. The van der Waals surface area contributed by atoms with Gasteiger partial charge < -0.3 is 5.73 Å². The van der Waals surface area contributed by atoms with E-state index in [-0.39, 0.29) is 0 Å². The predicted molar refractivity (Wildman–Crippen MR) is 66.1 cm³/mol. The molecule has 0 amide bonds. The Kier molecular flexibility index (Phi) is 3.44. The highest BCUT2D eigenvalue weighted by molar-refractivity contribution is 7.12. The third kappa shape index (κ3) is 2.60. The summed E-state index contributed by atoms with van der Waals surface area (Å²) in [7, 11) is 0. The zero-order chi connectivity index (χ0) is 10.8. The summed E-state index contributed by atoms with van der Waals surface area (Å²) in [4.78, 5) is 5.33. The Labute approximate surface area is 96.1 Å². The van der Waals surface area contributed by atoms with Gasteiger partial charge in [0.2, 0.25) is 0 Å². The van der Waals surface area contributed by atoms with Crippen LogP contribution in [0.2, 0.25) is 0 Å². The number of nitrogens with two attached hydrogens (primary N) is 1. The van der Waals surface area contributed by atoms with E-state index in [0.717, 1.165) is 19.1 Å². The molecule has 2 nitrogen and oxygen atoms in total. The molecular formula is C12H20N2S. The lowest BCUT2D eigenvalue weighted by Gasteiger charge is -2.19. The molecule has 0 aromatic carbocycles. The molecule has 1 aromatic heterocycles. The van der Waals surface area contributed by atoms with Gasteiger partial charge in [-0.25, -0.2) is 0 Å². The van der Waals surface area contributed by atoms with Crippen LogP contribution in [0.5, 0.6) is 0 Å². The van der Waals surface area contributed by atoms with Crippen molar-refractivity contribution in [1.29, 1.82) is 0 Å². The minimum atomic E-state index is 0.682. The van der Waals surface area contributed by atoms with E-state index in [0.29, 0.717) is 6.54 Å². The number of thiophene rings is 1. The van der Waals surface area contributed by atoms with Gasteiger partial charge in [-0.3, -0.25) is 4.90 Å². The SMILES string of the molecule is CCN(Cc1cc(CN)sc1C)C1CC1. The van der Waals surface area contributed by atoms with Gasteiger partial charge in [0, 0.05) is 28.9 Å². The Bertz CT molecular complexity index is 328. The van der Waals surface area contributed by atoms with Crippen molar-refractivity contribution in [3.63, 3.8) is 0 Å². The first-order valence-electron chi connectivity index (χ1n) is 5.77. The fraction of sp³-hybridized carbons (Fsp3) is 0.667. The minimum Gasteiger partial charge on any atom is -0.326 e. The van der Waals surface area contributed by atoms with Crippen LogP contribution in [-0.4, -0.2) is 17.5 Å². The van der Waals surface area contributed by atoms with Gasteiger partial charge in [-0.05, 0) is 37.9 Å². The fourth-order valence-corrected chi connectivity index (χ4v) is 2.94. The Hall–Kier alpha value is -0.380. The maximum atomic E-state index is 5.66. The van der Waals surface area contributed by atoms with Crippen LogP contribution in [-0.2, 0) is 13.1 Å². The normalized spacial score (nSPS) is 16.3. The Morgan fingerprint density at radius 3 is 2.73 bits per heavy atom. The average molecular weight is 224 g/mol. The Morgan fingerprint density at radius 1 is 1.53 bits per heavy atom. The van der Waals surface area contributed by atoms with Gasteiger partial charge in [-0.1, -0.05) is 6.92 Å². The molecule has 1 heterocycles. The lowest BCUT2D eigenvalue weighted by Crippen LogP contribution is -2.25. The first-order chi connectivity index (χ1) is 7.24. The summed E-state index contributed by atoms with van der Waals surface area (Å²) in [6.07, 6.45) is 2.78. The highest BCUT2D eigenvalue weighted by Crippen LogP contribution is 2.30. The molecule has 1 fully saturated rings. The molecule has 2 N–H and O–H groups in total. The van der Waals surface area contributed by atoms with Gasteiger partial charge >= 0.3 is 0 Å². The number of aryl methyl sites for hydroxylation is 1. The second-order valence-electron chi connectivity index (χ2n) is 4.29. The van der Waals surface area contributed by atoms with Crippen LogP contribution in [0.1, 0.15) is 35.1 Å². The highest BCUT2D eigenvalue weighted by atomic mass is 32.1. The van der Waals surface area contributed by atoms with Gasteiger partial charge in [-0.2, -0.15) is 0 Å². The summed E-state index contributed by atoms with van der Waals surface area (Å²) in [6, 6.07) is 3.14. The van der Waals surface area contributed by atoms with Crippen molar-refractivity contribution in [2.45, 2.75) is 45.8 Å². The van der Waals surface area contributed by atoms with Crippen molar-refractivity contribution < 1.29 is 0 Å². The second kappa shape index (κ2) is 4.64. The molecule has 0 unspecified atom stereocenters. The number of rotatable bonds is 5. The topological polar surface area (TPSA) is 29.3 Å². The van der Waals surface area contributed by atoms with Gasteiger partial charge in [0.25, 0.3) is 0 Å². The van der Waals surface area contributed by atoms with E-state index in [1.807, 2.05) is 11.3 Å². The second-order valence-corrected chi connectivity index (χ2v) is 5.63. The van der Waals surface area contributed by atoms with E-state index in [1.54, 1.807) is 0 Å². The van der Waals surface area contributed by atoms with Crippen molar-refractivity contribution in [3.8, 4) is 0 Å². The van der Waals surface area contributed by atoms with Gasteiger partial charge in [0.15, 0.2) is 0 Å². The number of hydrogen-bond acceptors (Lipinski definition) is 3. The van der Waals surface area contributed by atoms with Crippen molar-refractivity contribution in [2.75, 3.05) is 6.54 Å². The Morgan fingerprint density at radius 2 is 2.27 bits per heavy atom. The minimum absolute atomic E-state index is 0.682. The van der Waals surface area contributed by atoms with Crippen LogP contribution in [0.15, 0.2) is 6.07 Å². The summed E-state index contributed by atoms with van der Waals surface area (Å²) >= 11 is 1.85. The third-order valence-corrected chi connectivity index (χ3v) is 4.23. The van der Waals surface area contributed by atoms with E-state index in [4.69, 9.17) is 5.73 Å². The summed E-state index contributed by atoms with van der Waals surface area (Å²) in [5.74, 6) is 0. The van der Waals surface area contributed by atoms with Crippen LogP contribution >= 0.6 is 11.3 Å². The Balaban J connectivity index is 2.04. The maximum absolute atomic E-state index is 5.66. The number of hydrogen-bond donors (Lipinski definition) is 1. The van der Waals surface area contributed by atoms with E-state index < -0.39 is 0 Å². The van der Waals surface area contributed by atoms with Gasteiger partial charge in [0.1, 0.15) is 0 Å². The van der Waals surface area contributed by atoms with Crippen molar-refractivity contribution in [3.05, 3.63) is 21.4 Å². The van der Waals surface area contributed by atoms with Crippen LogP contribution in [0, 0.1) is 6.92 Å². The van der Waals surface area contributed by atoms with Crippen molar-refractivity contribution >= 4 is 11.3 Å². The first-order valence-corrected chi connectivity index (χ1v) is 6.58. The van der Waals surface area contributed by atoms with Crippen LogP contribution < -0.4 is 5.73 Å². The van der Waals surface area contributed by atoms with E-state index >= 15 is 0 Å². The molecule has 15 heavy (non-hydrogen) atoms. The average Bonchev–Trinajstić information content (AvgIpc) is 3.01. The zero-order valence-electron chi connectivity index (χ0n) is 9.62. The summed E-state index contributed by atoms with van der Waals surface area (Å²) in [6.45, 7) is 7.42. The van der Waals surface area contributed by atoms with E-state index in [1.165, 1.54) is 28.2 Å². The molecule has 2 rings (SSSR count). The molecule has 1 aromatic rings. The molecule has 0 atom stereocenters. The van der Waals surface area contributed by atoms with Crippen LogP contribution in [0.4, 0.5) is 0 Å². The summed E-state index contributed by atoms with van der Waals surface area (Å²) < 4.78 is 0. The molecule has 0 saturated heterocycles. The molecule has 0 aliphatic heterocycles. The molecule has 1 saturated carbocycles. The van der Waals surface area contributed by atoms with Gasteiger partial charge in [0.05, 0.1) is 0 Å². The van der Waals surface area contributed by atoms with E-state index in [2.05, 4.69) is 24.8 Å². The molecular weight excluding hydrogens is 204 g/mol. The van der Waals surface area contributed by atoms with Crippen LogP contribution in [0.25, 0.3) is 0 Å². The molecule has 0 spiro atoms. The number of nitrogens with zero attached hydrogens (tertiary/aromatic N) is 1. The van der Waals surface area contributed by atoms with E-state index in [9.17, 15) is 0 Å². The quantitative estimate of drug-likeness (QED) is 0.832. The summed E-state index contributed by atoms with van der Waals surface area (Å²) in [5.41, 5.74) is 7.15. The molecule has 1 aliphatic carbocycles. The fourth-order valence-electron chi connectivity index (χ4n) is 2.00. The lowest BCUT2D eigenvalue weighted by atomic mass is 10.2. The zero-order valence-corrected chi connectivity index (χ0v) is 10.4. The largest absolute Gasteiger partial charge is 0.326 e. The molecule has 0 radical (unpaired) electrons. The molecule has 1 aliphatic rings. The van der Waals surface area contributed by atoms with Gasteiger partial charge in [-0.15, -0.1) is 11.3 Å². The monoisotopic (exact) mass is 224 g/mol. The van der Waals surface area contributed by atoms with Crippen molar-refractivity contribution in [1.82, 2.24) is 4.90 Å².